The van der Waals surface area contributed by atoms with E-state index < -0.39 is 5.97 Å². The van der Waals surface area contributed by atoms with Gasteiger partial charge in [-0.1, -0.05) is 0 Å². The molecule has 1 saturated heterocycles. The lowest BCUT2D eigenvalue weighted by molar-refractivity contribution is -0.00461. The third-order valence-corrected chi connectivity index (χ3v) is 4.20. The average molecular weight is 285 g/mol. The number of carboxylic acids is 1. The van der Waals surface area contributed by atoms with Gasteiger partial charge in [-0.05, 0) is 12.1 Å². The highest BCUT2D eigenvalue weighted by molar-refractivity contribution is 7.15. The Morgan fingerprint density at radius 1 is 1.21 bits per heavy atom. The van der Waals surface area contributed by atoms with Crippen molar-refractivity contribution in [1.82, 2.24) is 4.90 Å². The van der Waals surface area contributed by atoms with Crippen LogP contribution in [0.1, 0.15) is 19.3 Å². The number of hydrogen-bond donors (Lipinski definition) is 1. The van der Waals surface area contributed by atoms with Crippen molar-refractivity contribution in [1.29, 1.82) is 0 Å². The molecule has 1 aromatic heterocycles. The highest BCUT2D eigenvalue weighted by Gasteiger charge is 2.36. The first kappa shape index (κ1) is 14.0. The average Bonchev–Trinajstić information content (AvgIpc) is 3.04. The first-order chi connectivity index (χ1) is 9.06. The van der Waals surface area contributed by atoms with E-state index in [1.54, 1.807) is 25.2 Å². The van der Waals surface area contributed by atoms with E-state index in [0.717, 1.165) is 11.3 Å². The summed E-state index contributed by atoms with van der Waals surface area (Å²) >= 11 is 0.981. The summed E-state index contributed by atoms with van der Waals surface area (Å²) in [6.45, 7) is 0.905. The molecule has 104 valence electrons. The van der Waals surface area contributed by atoms with Crippen molar-refractivity contribution in [2.75, 3.05) is 27.3 Å². The van der Waals surface area contributed by atoms with Gasteiger partial charge in [0.15, 0.2) is 0 Å². The molecule has 2 unspecified atom stereocenters. The molecule has 1 fully saturated rings. The molecule has 1 aliphatic heterocycles. The molecule has 6 nitrogen and oxygen atoms in total. The number of thiophene rings is 1. The number of ether oxygens (including phenoxy) is 2. The largest absolute Gasteiger partial charge is 0.477 e. The standard InChI is InChI=1S/C12H15NO5S/c1-17-7-5-13(6-8(7)18-2)11(14)9-3-4-10(19-9)12(15)16/h3-4,7-8H,5-6H2,1-2H3,(H,15,16). The van der Waals surface area contributed by atoms with E-state index in [0.29, 0.717) is 18.0 Å². The fourth-order valence-electron chi connectivity index (χ4n) is 2.09. The Kier molecular flexibility index (Phi) is 4.18. The summed E-state index contributed by atoms with van der Waals surface area (Å²) in [6.07, 6.45) is -0.291. The number of aromatic carboxylic acids is 1. The van der Waals surface area contributed by atoms with Crippen molar-refractivity contribution < 1.29 is 24.2 Å². The summed E-state index contributed by atoms with van der Waals surface area (Å²) < 4.78 is 10.5. The zero-order valence-electron chi connectivity index (χ0n) is 10.7. The smallest absolute Gasteiger partial charge is 0.345 e. The molecule has 0 spiro atoms. The lowest BCUT2D eigenvalue weighted by Gasteiger charge is -2.14. The van der Waals surface area contributed by atoms with Crippen molar-refractivity contribution in [3.05, 3.63) is 21.9 Å². The van der Waals surface area contributed by atoms with Crippen molar-refractivity contribution in [3.63, 3.8) is 0 Å². The zero-order chi connectivity index (χ0) is 14.0. The van der Waals surface area contributed by atoms with Crippen LogP contribution in [0.3, 0.4) is 0 Å². The van der Waals surface area contributed by atoms with E-state index in [1.807, 2.05) is 0 Å². The third-order valence-electron chi connectivity index (χ3n) is 3.14. The van der Waals surface area contributed by atoms with Gasteiger partial charge in [-0.2, -0.15) is 0 Å². The monoisotopic (exact) mass is 285 g/mol. The molecule has 1 amide bonds. The number of carboxylic acid groups (broad SMARTS) is 1. The number of methoxy groups -OCH3 is 2. The van der Waals surface area contributed by atoms with Gasteiger partial charge in [0.25, 0.3) is 5.91 Å². The van der Waals surface area contributed by atoms with Crippen molar-refractivity contribution in [3.8, 4) is 0 Å². The summed E-state index contributed by atoms with van der Waals surface area (Å²) in [4.78, 5) is 25.2. The van der Waals surface area contributed by atoms with Gasteiger partial charge in [0.05, 0.1) is 4.88 Å². The maximum absolute atomic E-state index is 12.2. The van der Waals surface area contributed by atoms with E-state index in [4.69, 9.17) is 14.6 Å². The molecule has 1 aromatic rings. The van der Waals surface area contributed by atoms with Gasteiger partial charge in [0.2, 0.25) is 0 Å². The van der Waals surface area contributed by atoms with Crippen LogP contribution in [0.25, 0.3) is 0 Å². The number of amides is 1. The maximum atomic E-state index is 12.2. The molecule has 7 heteroatoms. The third kappa shape index (κ3) is 2.78. The van der Waals surface area contributed by atoms with Gasteiger partial charge in [-0.3, -0.25) is 4.79 Å². The summed E-state index contributed by atoms with van der Waals surface area (Å²) in [5, 5.41) is 8.85. The van der Waals surface area contributed by atoms with E-state index >= 15 is 0 Å². The first-order valence-corrected chi connectivity index (χ1v) is 6.56. The van der Waals surface area contributed by atoms with Crippen LogP contribution in [-0.2, 0) is 9.47 Å². The van der Waals surface area contributed by atoms with Gasteiger partial charge < -0.3 is 19.5 Å². The Morgan fingerprint density at radius 3 is 2.16 bits per heavy atom. The number of rotatable bonds is 4. The first-order valence-electron chi connectivity index (χ1n) is 5.74. The lowest BCUT2D eigenvalue weighted by atomic mass is 10.3. The Morgan fingerprint density at radius 2 is 1.74 bits per heavy atom. The van der Waals surface area contributed by atoms with Gasteiger partial charge in [0.1, 0.15) is 17.1 Å². The Balaban J connectivity index is 2.09. The van der Waals surface area contributed by atoms with Gasteiger partial charge >= 0.3 is 5.97 Å². The molecule has 1 aliphatic rings. The zero-order valence-corrected chi connectivity index (χ0v) is 11.5. The van der Waals surface area contributed by atoms with Crippen LogP contribution >= 0.6 is 11.3 Å². The van der Waals surface area contributed by atoms with Crippen LogP contribution in [0, 0.1) is 0 Å². The van der Waals surface area contributed by atoms with E-state index in [-0.39, 0.29) is 23.0 Å². The number of hydrogen-bond acceptors (Lipinski definition) is 5. The van der Waals surface area contributed by atoms with Gasteiger partial charge in [0, 0.05) is 27.3 Å². The summed E-state index contributed by atoms with van der Waals surface area (Å²) in [6, 6.07) is 2.98. The number of likely N-dealkylation sites (tertiary alicyclic amines) is 1. The molecule has 0 bridgehead atoms. The molecule has 2 heterocycles. The van der Waals surface area contributed by atoms with Crippen LogP contribution in [0.15, 0.2) is 12.1 Å². The number of carbonyl (C=O) groups excluding carboxylic acids is 1. The fraction of sp³-hybridized carbons (Fsp3) is 0.500. The molecule has 0 saturated carbocycles. The van der Waals surface area contributed by atoms with E-state index in [1.165, 1.54) is 6.07 Å². The Labute approximate surface area is 114 Å². The minimum Gasteiger partial charge on any atom is -0.477 e. The molecule has 0 radical (unpaired) electrons. The Bertz CT molecular complexity index is 474. The summed E-state index contributed by atoms with van der Waals surface area (Å²) in [5.41, 5.74) is 0. The van der Waals surface area contributed by atoms with Crippen LogP contribution in [0.2, 0.25) is 0 Å². The number of carbonyl (C=O) groups is 2. The maximum Gasteiger partial charge on any atom is 0.345 e. The molecule has 0 aromatic carbocycles. The minimum absolute atomic E-state index is 0.146. The normalized spacial score (nSPS) is 22.7. The SMILES string of the molecule is COC1CN(C(=O)c2ccc(C(=O)O)s2)CC1OC. The topological polar surface area (TPSA) is 76.1 Å². The molecule has 1 N–H and O–H groups in total. The van der Waals surface area contributed by atoms with Crippen molar-refractivity contribution in [2.45, 2.75) is 12.2 Å². The molecule has 0 aliphatic carbocycles. The van der Waals surface area contributed by atoms with E-state index in [9.17, 15) is 9.59 Å². The quantitative estimate of drug-likeness (QED) is 0.890. The highest BCUT2D eigenvalue weighted by atomic mass is 32.1. The second kappa shape index (κ2) is 5.68. The summed E-state index contributed by atoms with van der Waals surface area (Å²) in [5.74, 6) is -1.20. The fourth-order valence-corrected chi connectivity index (χ4v) is 2.90. The molecule has 2 atom stereocenters. The molecule has 2 rings (SSSR count). The van der Waals surface area contributed by atoms with E-state index in [2.05, 4.69) is 0 Å². The minimum atomic E-state index is -1.02. The lowest BCUT2D eigenvalue weighted by Crippen LogP contribution is -2.29. The Hall–Kier alpha value is -1.44. The van der Waals surface area contributed by atoms with Crippen LogP contribution in [-0.4, -0.2) is 61.4 Å². The predicted octanol–water partition coefficient (Wildman–Crippen LogP) is 0.932. The van der Waals surface area contributed by atoms with Gasteiger partial charge in [-0.25, -0.2) is 4.79 Å². The second-order valence-corrected chi connectivity index (χ2v) is 5.31. The molecular weight excluding hydrogens is 270 g/mol. The second-order valence-electron chi connectivity index (χ2n) is 4.23. The van der Waals surface area contributed by atoms with Crippen molar-refractivity contribution >= 4 is 23.2 Å². The van der Waals surface area contributed by atoms with Gasteiger partial charge in [-0.15, -0.1) is 11.3 Å². The summed E-state index contributed by atoms with van der Waals surface area (Å²) in [7, 11) is 3.16. The molecular formula is C12H15NO5S. The highest BCUT2D eigenvalue weighted by Crippen LogP contribution is 2.22. The molecule has 19 heavy (non-hydrogen) atoms. The van der Waals surface area contributed by atoms with Crippen molar-refractivity contribution in [2.24, 2.45) is 0 Å². The predicted molar refractivity (Wildman–Crippen MR) is 68.8 cm³/mol. The number of nitrogens with zero attached hydrogens (tertiary/aromatic N) is 1. The van der Waals surface area contributed by atoms with Crippen LogP contribution in [0.5, 0.6) is 0 Å². The van der Waals surface area contributed by atoms with Crippen LogP contribution in [0.4, 0.5) is 0 Å². The van der Waals surface area contributed by atoms with Crippen LogP contribution < -0.4 is 0 Å².